The predicted molar refractivity (Wildman–Crippen MR) is 96.0 cm³/mol. The third-order valence-corrected chi connectivity index (χ3v) is 4.48. The first-order valence-electron chi connectivity index (χ1n) is 8.32. The number of carbonyl (C=O) groups excluding carboxylic acids is 1. The first-order valence-corrected chi connectivity index (χ1v) is 8.32. The molecular weight excluding hydrogens is 314 g/mol. The van der Waals surface area contributed by atoms with Crippen LogP contribution in [0.2, 0.25) is 0 Å². The number of ether oxygens (including phenoxy) is 1. The molecule has 5 nitrogen and oxygen atoms in total. The van der Waals surface area contributed by atoms with Gasteiger partial charge in [0.25, 0.3) is 0 Å². The fourth-order valence-corrected chi connectivity index (χ4v) is 3.09. The number of nitrogens with one attached hydrogen (secondary N) is 1. The van der Waals surface area contributed by atoms with E-state index in [2.05, 4.69) is 46.4 Å². The van der Waals surface area contributed by atoms with Crippen LogP contribution in [0.25, 0.3) is 22.5 Å². The van der Waals surface area contributed by atoms with Crippen LogP contribution in [0.5, 0.6) is 5.75 Å². The van der Waals surface area contributed by atoms with Crippen molar-refractivity contribution in [2.45, 2.75) is 13.5 Å². The Morgan fingerprint density at radius 2 is 1.88 bits per heavy atom. The van der Waals surface area contributed by atoms with Gasteiger partial charge in [0.2, 0.25) is 5.91 Å². The van der Waals surface area contributed by atoms with Gasteiger partial charge in [0.05, 0.1) is 6.54 Å². The lowest BCUT2D eigenvalue weighted by Crippen LogP contribution is -2.30. The molecule has 0 bridgehead atoms. The standard InChI is InChI=1S/C20H19N3O2/c1-14(24)23-10-11-25-19-7-6-17(12-18(19)13-23)15-2-4-16(5-3-15)20-21-8-9-22-20/h2-9,12H,10-11,13H2,1H3,(H,21,22). The maximum atomic E-state index is 11.7. The Bertz CT molecular complexity index is 886. The molecular formula is C20H19N3O2. The van der Waals surface area contributed by atoms with Crippen molar-refractivity contribution in [1.82, 2.24) is 14.9 Å². The predicted octanol–water partition coefficient (Wildman–Crippen LogP) is 3.48. The first-order chi connectivity index (χ1) is 12.2. The van der Waals surface area contributed by atoms with E-state index in [0.717, 1.165) is 33.8 Å². The number of benzene rings is 2. The molecule has 0 saturated carbocycles. The number of nitrogens with zero attached hydrogens (tertiary/aromatic N) is 2. The van der Waals surface area contributed by atoms with Crippen LogP contribution in [-0.2, 0) is 11.3 Å². The second kappa shape index (κ2) is 6.43. The number of H-pyrrole nitrogens is 1. The zero-order valence-electron chi connectivity index (χ0n) is 14.0. The molecule has 0 aliphatic carbocycles. The Balaban J connectivity index is 1.64. The number of aromatic nitrogens is 2. The summed E-state index contributed by atoms with van der Waals surface area (Å²) >= 11 is 0. The molecule has 2 aromatic carbocycles. The molecule has 1 amide bonds. The Labute approximate surface area is 146 Å². The van der Waals surface area contributed by atoms with Crippen LogP contribution in [0.3, 0.4) is 0 Å². The van der Waals surface area contributed by atoms with E-state index in [4.69, 9.17) is 4.74 Å². The molecule has 5 heteroatoms. The van der Waals surface area contributed by atoms with Crippen molar-refractivity contribution >= 4 is 5.91 Å². The molecule has 25 heavy (non-hydrogen) atoms. The average Bonchev–Trinajstić information content (AvgIpc) is 3.08. The van der Waals surface area contributed by atoms with Gasteiger partial charge in [-0.15, -0.1) is 0 Å². The minimum atomic E-state index is 0.0738. The van der Waals surface area contributed by atoms with Crippen molar-refractivity contribution in [3.63, 3.8) is 0 Å². The Morgan fingerprint density at radius 3 is 2.60 bits per heavy atom. The fourth-order valence-electron chi connectivity index (χ4n) is 3.09. The van der Waals surface area contributed by atoms with Crippen molar-refractivity contribution in [1.29, 1.82) is 0 Å². The molecule has 0 fully saturated rings. The highest BCUT2D eigenvalue weighted by Gasteiger charge is 2.17. The molecule has 4 rings (SSSR count). The molecule has 1 aliphatic heterocycles. The molecule has 0 unspecified atom stereocenters. The van der Waals surface area contributed by atoms with Crippen molar-refractivity contribution < 1.29 is 9.53 Å². The number of fused-ring (bicyclic) bond motifs is 1. The van der Waals surface area contributed by atoms with E-state index in [1.165, 1.54) is 0 Å². The minimum Gasteiger partial charge on any atom is -0.491 e. The maximum Gasteiger partial charge on any atom is 0.219 e. The minimum absolute atomic E-state index is 0.0738. The SMILES string of the molecule is CC(=O)N1CCOc2ccc(-c3ccc(-c4ncc[nH]4)cc3)cc2C1. The van der Waals surface area contributed by atoms with Crippen LogP contribution in [0.4, 0.5) is 0 Å². The fraction of sp³-hybridized carbons (Fsp3) is 0.200. The lowest BCUT2D eigenvalue weighted by atomic mass is 10.0. The monoisotopic (exact) mass is 333 g/mol. The summed E-state index contributed by atoms with van der Waals surface area (Å²) in [4.78, 5) is 20.9. The molecule has 3 aromatic rings. The third kappa shape index (κ3) is 3.13. The van der Waals surface area contributed by atoms with E-state index in [1.54, 1.807) is 13.1 Å². The summed E-state index contributed by atoms with van der Waals surface area (Å²) < 4.78 is 5.78. The van der Waals surface area contributed by atoms with Crippen molar-refractivity contribution in [3.05, 3.63) is 60.4 Å². The van der Waals surface area contributed by atoms with Gasteiger partial charge < -0.3 is 14.6 Å². The number of imidazole rings is 1. The average molecular weight is 333 g/mol. The molecule has 1 aromatic heterocycles. The van der Waals surface area contributed by atoms with Gasteiger partial charge in [-0.05, 0) is 23.3 Å². The summed E-state index contributed by atoms with van der Waals surface area (Å²) in [7, 11) is 0. The zero-order chi connectivity index (χ0) is 17.2. The molecule has 1 N–H and O–H groups in total. The van der Waals surface area contributed by atoms with Gasteiger partial charge in [-0.1, -0.05) is 30.3 Å². The number of aromatic amines is 1. The number of rotatable bonds is 2. The Morgan fingerprint density at radius 1 is 1.12 bits per heavy atom. The van der Waals surface area contributed by atoms with Crippen LogP contribution in [0.1, 0.15) is 12.5 Å². The van der Waals surface area contributed by atoms with Crippen LogP contribution in [0, 0.1) is 0 Å². The van der Waals surface area contributed by atoms with E-state index in [9.17, 15) is 4.79 Å². The van der Waals surface area contributed by atoms with Crippen LogP contribution in [-0.4, -0.2) is 33.9 Å². The first kappa shape index (κ1) is 15.4. The summed E-state index contributed by atoms with van der Waals surface area (Å²) in [6.07, 6.45) is 3.56. The van der Waals surface area contributed by atoms with Gasteiger partial charge >= 0.3 is 0 Å². The summed E-state index contributed by atoms with van der Waals surface area (Å²) in [6, 6.07) is 14.4. The van der Waals surface area contributed by atoms with Crippen LogP contribution < -0.4 is 4.74 Å². The second-order valence-corrected chi connectivity index (χ2v) is 6.13. The van der Waals surface area contributed by atoms with Gasteiger partial charge in [-0.25, -0.2) is 4.98 Å². The van der Waals surface area contributed by atoms with Crippen molar-refractivity contribution in [2.75, 3.05) is 13.2 Å². The molecule has 1 aliphatic rings. The molecule has 0 spiro atoms. The van der Waals surface area contributed by atoms with E-state index in [1.807, 2.05) is 17.2 Å². The van der Waals surface area contributed by atoms with E-state index < -0.39 is 0 Å². The highest BCUT2D eigenvalue weighted by molar-refractivity contribution is 5.74. The largest absolute Gasteiger partial charge is 0.491 e. The second-order valence-electron chi connectivity index (χ2n) is 6.13. The number of hydrogen-bond acceptors (Lipinski definition) is 3. The summed E-state index contributed by atoms with van der Waals surface area (Å²) in [5, 5.41) is 0. The molecule has 2 heterocycles. The number of carbonyl (C=O) groups is 1. The lowest BCUT2D eigenvalue weighted by Gasteiger charge is -2.17. The lowest BCUT2D eigenvalue weighted by molar-refractivity contribution is -0.129. The number of hydrogen-bond donors (Lipinski definition) is 1. The van der Waals surface area contributed by atoms with Gasteiger partial charge in [0.1, 0.15) is 18.2 Å². The van der Waals surface area contributed by atoms with E-state index >= 15 is 0 Å². The van der Waals surface area contributed by atoms with Gasteiger partial charge in [-0.2, -0.15) is 0 Å². The molecule has 0 saturated heterocycles. The van der Waals surface area contributed by atoms with E-state index in [0.29, 0.717) is 19.7 Å². The van der Waals surface area contributed by atoms with Gasteiger partial charge in [-0.3, -0.25) is 4.79 Å². The molecule has 126 valence electrons. The third-order valence-electron chi connectivity index (χ3n) is 4.48. The Kier molecular flexibility index (Phi) is 3.98. The molecule has 0 radical (unpaired) electrons. The normalized spacial score (nSPS) is 13.7. The number of amides is 1. The van der Waals surface area contributed by atoms with Crippen LogP contribution in [0.15, 0.2) is 54.9 Å². The van der Waals surface area contributed by atoms with Crippen LogP contribution >= 0.6 is 0 Å². The quantitative estimate of drug-likeness (QED) is 0.781. The topological polar surface area (TPSA) is 58.2 Å². The van der Waals surface area contributed by atoms with E-state index in [-0.39, 0.29) is 5.91 Å². The summed E-state index contributed by atoms with van der Waals surface area (Å²) in [6.45, 7) is 3.34. The highest BCUT2D eigenvalue weighted by Crippen LogP contribution is 2.30. The summed E-state index contributed by atoms with van der Waals surface area (Å²) in [5.41, 5.74) is 4.32. The van der Waals surface area contributed by atoms with Crippen molar-refractivity contribution in [2.24, 2.45) is 0 Å². The van der Waals surface area contributed by atoms with Gasteiger partial charge in [0, 0.05) is 37.0 Å². The highest BCUT2D eigenvalue weighted by atomic mass is 16.5. The summed E-state index contributed by atoms with van der Waals surface area (Å²) in [5.74, 6) is 1.79. The maximum absolute atomic E-state index is 11.7. The smallest absolute Gasteiger partial charge is 0.219 e. The Hall–Kier alpha value is -3.08. The van der Waals surface area contributed by atoms with Gasteiger partial charge in [0.15, 0.2) is 0 Å². The molecule has 0 atom stereocenters. The zero-order valence-corrected chi connectivity index (χ0v) is 14.0. The van der Waals surface area contributed by atoms with Crippen molar-refractivity contribution in [3.8, 4) is 28.3 Å².